The lowest BCUT2D eigenvalue weighted by molar-refractivity contribution is 0.301. The van der Waals surface area contributed by atoms with E-state index in [2.05, 4.69) is 36.5 Å². The molecule has 0 atom stereocenters. The summed E-state index contributed by atoms with van der Waals surface area (Å²) in [4.78, 5) is 4.50. The fourth-order valence-corrected chi connectivity index (χ4v) is 1.93. The van der Waals surface area contributed by atoms with Gasteiger partial charge in [0.1, 0.15) is 18.2 Å². The van der Waals surface area contributed by atoms with Gasteiger partial charge in [-0.3, -0.25) is 0 Å². The second kappa shape index (κ2) is 5.25. The molecule has 3 heteroatoms. The van der Waals surface area contributed by atoms with Crippen LogP contribution in [0.15, 0.2) is 30.5 Å². The second-order valence-electron chi connectivity index (χ2n) is 4.88. The highest BCUT2D eigenvalue weighted by Gasteiger charge is 2.07. The monoisotopic (exact) mass is 244 g/mol. The number of aryl methyl sites for hydroxylation is 2. The lowest BCUT2D eigenvalue weighted by Crippen LogP contribution is -2.00. The summed E-state index contributed by atoms with van der Waals surface area (Å²) < 4.78 is 7.88. The Morgan fingerprint density at radius 2 is 1.83 bits per heavy atom. The Balaban J connectivity index is 2.02. The van der Waals surface area contributed by atoms with Gasteiger partial charge in [-0.05, 0) is 39.8 Å². The molecule has 0 aliphatic rings. The summed E-state index contributed by atoms with van der Waals surface area (Å²) in [6.07, 6.45) is 2.06. The molecule has 96 valence electrons. The van der Waals surface area contributed by atoms with Gasteiger partial charge in [-0.1, -0.05) is 17.7 Å². The first-order valence-corrected chi connectivity index (χ1v) is 6.30. The van der Waals surface area contributed by atoms with Gasteiger partial charge in [0.25, 0.3) is 0 Å². The third-order valence-corrected chi connectivity index (χ3v) is 2.93. The van der Waals surface area contributed by atoms with Gasteiger partial charge in [-0.25, -0.2) is 4.98 Å². The summed E-state index contributed by atoms with van der Waals surface area (Å²) in [5.41, 5.74) is 2.21. The Bertz CT molecular complexity index is 512. The van der Waals surface area contributed by atoms with Gasteiger partial charge in [-0.15, -0.1) is 0 Å². The molecule has 1 aromatic carbocycles. The van der Waals surface area contributed by atoms with Crippen molar-refractivity contribution in [3.63, 3.8) is 0 Å². The van der Waals surface area contributed by atoms with E-state index in [1.807, 2.05) is 31.2 Å². The molecule has 18 heavy (non-hydrogen) atoms. The molecule has 0 N–H and O–H groups in total. The third-order valence-electron chi connectivity index (χ3n) is 2.93. The van der Waals surface area contributed by atoms with Gasteiger partial charge < -0.3 is 9.30 Å². The maximum absolute atomic E-state index is 5.72. The number of ether oxygens (including phenoxy) is 1. The third kappa shape index (κ3) is 2.92. The number of hydrogen-bond donors (Lipinski definition) is 0. The summed E-state index contributed by atoms with van der Waals surface area (Å²) in [7, 11) is 0. The van der Waals surface area contributed by atoms with Crippen LogP contribution < -0.4 is 4.74 Å². The molecule has 0 fully saturated rings. The number of imidazole rings is 1. The highest BCUT2D eigenvalue weighted by atomic mass is 16.5. The van der Waals surface area contributed by atoms with Crippen molar-refractivity contribution >= 4 is 0 Å². The van der Waals surface area contributed by atoms with Crippen molar-refractivity contribution < 1.29 is 4.74 Å². The Hall–Kier alpha value is -1.77. The van der Waals surface area contributed by atoms with E-state index in [-0.39, 0.29) is 0 Å². The Morgan fingerprint density at radius 1 is 1.17 bits per heavy atom. The molecular weight excluding hydrogens is 224 g/mol. The number of hydrogen-bond acceptors (Lipinski definition) is 2. The van der Waals surface area contributed by atoms with E-state index in [1.54, 1.807) is 0 Å². The van der Waals surface area contributed by atoms with Crippen LogP contribution in [0.1, 0.15) is 37.0 Å². The van der Waals surface area contributed by atoms with Crippen LogP contribution >= 0.6 is 0 Å². The zero-order valence-corrected chi connectivity index (χ0v) is 11.5. The smallest absolute Gasteiger partial charge is 0.132 e. The first-order valence-electron chi connectivity index (χ1n) is 6.30. The summed E-state index contributed by atoms with van der Waals surface area (Å²) >= 11 is 0. The van der Waals surface area contributed by atoms with Crippen LogP contribution in [0.25, 0.3) is 0 Å². The molecule has 0 aliphatic carbocycles. The zero-order valence-electron chi connectivity index (χ0n) is 11.5. The largest absolute Gasteiger partial charge is 0.487 e. The van der Waals surface area contributed by atoms with E-state index in [0.29, 0.717) is 12.6 Å². The van der Waals surface area contributed by atoms with Gasteiger partial charge in [0, 0.05) is 12.2 Å². The van der Waals surface area contributed by atoms with Crippen molar-refractivity contribution in [2.24, 2.45) is 0 Å². The molecule has 0 unspecified atom stereocenters. The van der Waals surface area contributed by atoms with E-state index in [1.165, 1.54) is 5.56 Å². The predicted molar refractivity (Wildman–Crippen MR) is 72.9 cm³/mol. The molecule has 1 heterocycles. The molecule has 2 aromatic rings. The summed E-state index contributed by atoms with van der Waals surface area (Å²) in [5, 5.41) is 0. The van der Waals surface area contributed by atoms with Gasteiger partial charge >= 0.3 is 0 Å². The Kier molecular flexibility index (Phi) is 3.70. The average Bonchev–Trinajstić information content (AvgIpc) is 2.70. The van der Waals surface area contributed by atoms with Crippen molar-refractivity contribution in [1.82, 2.24) is 9.55 Å². The standard InChI is InChI=1S/C15H20N2O/c1-11(2)17-9-14(16-13(17)4)10-18-15-7-5-12(3)6-8-15/h5-9,11H,10H2,1-4H3. The van der Waals surface area contributed by atoms with Crippen molar-refractivity contribution in [2.45, 2.75) is 40.3 Å². The Labute approximate surface area is 108 Å². The van der Waals surface area contributed by atoms with Crippen LogP contribution in [0.4, 0.5) is 0 Å². The molecule has 1 aromatic heterocycles. The van der Waals surface area contributed by atoms with Crippen LogP contribution in [0, 0.1) is 13.8 Å². The molecule has 0 saturated carbocycles. The SMILES string of the molecule is Cc1ccc(OCc2cn(C(C)C)c(C)n2)cc1. The van der Waals surface area contributed by atoms with E-state index in [4.69, 9.17) is 4.74 Å². The molecule has 0 amide bonds. The minimum Gasteiger partial charge on any atom is -0.487 e. The first-order chi connectivity index (χ1) is 8.56. The molecule has 0 spiro atoms. The number of rotatable bonds is 4. The van der Waals surface area contributed by atoms with E-state index < -0.39 is 0 Å². The number of benzene rings is 1. The number of aromatic nitrogens is 2. The molecular formula is C15H20N2O. The average molecular weight is 244 g/mol. The second-order valence-corrected chi connectivity index (χ2v) is 4.88. The number of nitrogens with zero attached hydrogens (tertiary/aromatic N) is 2. The normalized spacial score (nSPS) is 10.9. The minimum absolute atomic E-state index is 0.436. The first kappa shape index (κ1) is 12.7. The van der Waals surface area contributed by atoms with Gasteiger partial charge in [0.05, 0.1) is 5.69 Å². The molecule has 0 aliphatic heterocycles. The summed E-state index contributed by atoms with van der Waals surface area (Å²) in [5.74, 6) is 1.92. The molecule has 3 nitrogen and oxygen atoms in total. The van der Waals surface area contributed by atoms with Gasteiger partial charge in [0.15, 0.2) is 0 Å². The minimum atomic E-state index is 0.436. The lowest BCUT2D eigenvalue weighted by atomic mass is 10.2. The van der Waals surface area contributed by atoms with Crippen molar-refractivity contribution in [3.8, 4) is 5.75 Å². The zero-order chi connectivity index (χ0) is 13.1. The molecule has 0 saturated heterocycles. The van der Waals surface area contributed by atoms with E-state index >= 15 is 0 Å². The maximum atomic E-state index is 5.72. The topological polar surface area (TPSA) is 27.1 Å². The molecule has 2 rings (SSSR count). The van der Waals surface area contributed by atoms with Crippen molar-refractivity contribution in [2.75, 3.05) is 0 Å². The maximum Gasteiger partial charge on any atom is 0.132 e. The van der Waals surface area contributed by atoms with Crippen LogP contribution in [0.2, 0.25) is 0 Å². The van der Waals surface area contributed by atoms with E-state index in [0.717, 1.165) is 17.3 Å². The van der Waals surface area contributed by atoms with Crippen molar-refractivity contribution in [1.29, 1.82) is 0 Å². The van der Waals surface area contributed by atoms with Gasteiger partial charge in [0.2, 0.25) is 0 Å². The van der Waals surface area contributed by atoms with Crippen molar-refractivity contribution in [3.05, 3.63) is 47.5 Å². The van der Waals surface area contributed by atoms with Crippen LogP contribution in [-0.2, 0) is 6.61 Å². The molecule has 0 radical (unpaired) electrons. The highest BCUT2D eigenvalue weighted by molar-refractivity contribution is 5.26. The quantitative estimate of drug-likeness (QED) is 0.820. The fourth-order valence-electron chi connectivity index (χ4n) is 1.93. The molecule has 0 bridgehead atoms. The summed E-state index contributed by atoms with van der Waals surface area (Å²) in [6, 6.07) is 8.51. The van der Waals surface area contributed by atoms with Crippen LogP contribution in [-0.4, -0.2) is 9.55 Å². The fraction of sp³-hybridized carbons (Fsp3) is 0.400. The Morgan fingerprint density at radius 3 is 2.39 bits per heavy atom. The highest BCUT2D eigenvalue weighted by Crippen LogP contribution is 2.15. The summed E-state index contributed by atoms with van der Waals surface area (Å²) in [6.45, 7) is 8.91. The van der Waals surface area contributed by atoms with Crippen LogP contribution in [0.5, 0.6) is 5.75 Å². The van der Waals surface area contributed by atoms with Crippen LogP contribution in [0.3, 0.4) is 0 Å². The van der Waals surface area contributed by atoms with E-state index in [9.17, 15) is 0 Å². The van der Waals surface area contributed by atoms with Gasteiger partial charge in [-0.2, -0.15) is 0 Å². The lowest BCUT2D eigenvalue weighted by Gasteiger charge is -2.07. The predicted octanol–water partition coefficient (Wildman–Crippen LogP) is 3.66.